The minimum absolute atomic E-state index is 0.0658. The standard InChI is InChI=1S/C19H20N2O2/c1-15(12-17-9-4-3-5-10-17)13-20-21-19(22)14-23-18-11-7-6-8-16(18)2/h3-13H,14H2,1-2H3,(H,21,22)/b15-12+,20-13+. The topological polar surface area (TPSA) is 50.7 Å². The maximum Gasteiger partial charge on any atom is 0.277 e. The van der Waals surface area contributed by atoms with Gasteiger partial charge in [-0.3, -0.25) is 4.79 Å². The van der Waals surface area contributed by atoms with Crippen LogP contribution in [0.5, 0.6) is 5.75 Å². The van der Waals surface area contributed by atoms with Crippen molar-refractivity contribution in [3.05, 3.63) is 71.3 Å². The molecule has 0 radical (unpaired) electrons. The van der Waals surface area contributed by atoms with E-state index in [1.54, 1.807) is 6.21 Å². The van der Waals surface area contributed by atoms with Gasteiger partial charge in [0.25, 0.3) is 5.91 Å². The number of nitrogens with zero attached hydrogens (tertiary/aromatic N) is 1. The van der Waals surface area contributed by atoms with Gasteiger partial charge in [-0.05, 0) is 36.6 Å². The van der Waals surface area contributed by atoms with E-state index in [1.807, 2.05) is 74.5 Å². The van der Waals surface area contributed by atoms with E-state index in [-0.39, 0.29) is 12.5 Å². The van der Waals surface area contributed by atoms with Crippen molar-refractivity contribution in [2.24, 2.45) is 5.10 Å². The van der Waals surface area contributed by atoms with Crippen LogP contribution in [0.25, 0.3) is 6.08 Å². The van der Waals surface area contributed by atoms with Crippen LogP contribution in [0.1, 0.15) is 18.1 Å². The normalized spacial score (nSPS) is 11.5. The number of carbonyl (C=O) groups is 1. The molecule has 4 heteroatoms. The van der Waals surface area contributed by atoms with E-state index in [2.05, 4.69) is 10.5 Å². The van der Waals surface area contributed by atoms with Crippen molar-refractivity contribution in [2.45, 2.75) is 13.8 Å². The molecule has 0 aliphatic carbocycles. The largest absolute Gasteiger partial charge is 0.483 e. The van der Waals surface area contributed by atoms with E-state index in [9.17, 15) is 4.79 Å². The number of allylic oxidation sites excluding steroid dienone is 1. The molecular weight excluding hydrogens is 288 g/mol. The van der Waals surface area contributed by atoms with Crippen molar-refractivity contribution in [1.29, 1.82) is 0 Å². The average molecular weight is 308 g/mol. The second-order valence-electron chi connectivity index (χ2n) is 5.15. The summed E-state index contributed by atoms with van der Waals surface area (Å²) in [6.45, 7) is 3.79. The van der Waals surface area contributed by atoms with E-state index < -0.39 is 0 Å². The van der Waals surface area contributed by atoms with Gasteiger partial charge in [0.15, 0.2) is 6.61 Å². The van der Waals surface area contributed by atoms with E-state index in [0.29, 0.717) is 5.75 Å². The van der Waals surface area contributed by atoms with Crippen molar-refractivity contribution in [2.75, 3.05) is 6.61 Å². The predicted octanol–water partition coefficient (Wildman–Crippen LogP) is 3.58. The Morgan fingerprint density at radius 3 is 2.57 bits per heavy atom. The molecule has 0 spiro atoms. The van der Waals surface area contributed by atoms with Crippen LogP contribution in [0.4, 0.5) is 0 Å². The lowest BCUT2D eigenvalue weighted by molar-refractivity contribution is -0.123. The molecule has 2 rings (SSSR count). The Morgan fingerprint density at radius 2 is 1.83 bits per heavy atom. The lowest BCUT2D eigenvalue weighted by Gasteiger charge is -2.07. The fourth-order valence-corrected chi connectivity index (χ4v) is 1.95. The zero-order valence-corrected chi connectivity index (χ0v) is 13.3. The summed E-state index contributed by atoms with van der Waals surface area (Å²) in [5.74, 6) is 0.406. The summed E-state index contributed by atoms with van der Waals surface area (Å²) in [5.41, 5.74) is 5.47. The van der Waals surface area contributed by atoms with Gasteiger partial charge in [0.05, 0.1) is 6.21 Å². The van der Waals surface area contributed by atoms with Gasteiger partial charge >= 0.3 is 0 Å². The number of nitrogens with one attached hydrogen (secondary N) is 1. The van der Waals surface area contributed by atoms with Crippen molar-refractivity contribution in [3.8, 4) is 5.75 Å². The minimum atomic E-state index is -0.294. The molecule has 0 saturated heterocycles. The van der Waals surface area contributed by atoms with Gasteiger partial charge in [-0.1, -0.05) is 54.6 Å². The molecule has 4 nitrogen and oxygen atoms in total. The van der Waals surface area contributed by atoms with Crippen molar-refractivity contribution >= 4 is 18.2 Å². The highest BCUT2D eigenvalue weighted by Crippen LogP contribution is 2.15. The van der Waals surface area contributed by atoms with Crippen molar-refractivity contribution in [3.63, 3.8) is 0 Å². The SMILES string of the molecule is CC(/C=N/NC(=O)COc1ccccc1C)=C\c1ccccc1. The fraction of sp³-hybridized carbons (Fsp3) is 0.158. The summed E-state index contributed by atoms with van der Waals surface area (Å²) in [6.07, 6.45) is 3.60. The number of hydrogen-bond donors (Lipinski definition) is 1. The summed E-state index contributed by atoms with van der Waals surface area (Å²) < 4.78 is 5.45. The third-order valence-electron chi connectivity index (χ3n) is 3.10. The highest BCUT2D eigenvalue weighted by molar-refractivity contribution is 5.86. The molecule has 0 fully saturated rings. The predicted molar refractivity (Wildman–Crippen MR) is 93.4 cm³/mol. The number of rotatable bonds is 6. The number of carbonyl (C=O) groups excluding carboxylic acids is 1. The summed E-state index contributed by atoms with van der Waals surface area (Å²) in [4.78, 5) is 11.7. The summed E-state index contributed by atoms with van der Waals surface area (Å²) in [5, 5.41) is 3.93. The van der Waals surface area contributed by atoms with Gasteiger partial charge in [-0.2, -0.15) is 5.10 Å². The van der Waals surface area contributed by atoms with Crippen molar-refractivity contribution in [1.82, 2.24) is 5.43 Å². The van der Waals surface area contributed by atoms with Crippen LogP contribution in [0, 0.1) is 6.92 Å². The van der Waals surface area contributed by atoms with E-state index in [1.165, 1.54) is 0 Å². The number of amides is 1. The summed E-state index contributed by atoms with van der Waals surface area (Å²) >= 11 is 0. The average Bonchev–Trinajstić information content (AvgIpc) is 2.55. The minimum Gasteiger partial charge on any atom is -0.483 e. The molecule has 0 aromatic heterocycles. The van der Waals surface area contributed by atoms with Crippen LogP contribution in [0.15, 0.2) is 65.3 Å². The van der Waals surface area contributed by atoms with Gasteiger partial charge in [-0.15, -0.1) is 0 Å². The number of aryl methyl sites for hydroxylation is 1. The number of ether oxygens (including phenoxy) is 1. The van der Waals surface area contributed by atoms with Crippen LogP contribution < -0.4 is 10.2 Å². The van der Waals surface area contributed by atoms with Crippen LogP contribution in [-0.4, -0.2) is 18.7 Å². The number of benzene rings is 2. The zero-order chi connectivity index (χ0) is 16.5. The Bertz CT molecular complexity index is 706. The van der Waals surface area contributed by atoms with E-state index >= 15 is 0 Å². The van der Waals surface area contributed by atoms with Crippen LogP contribution in [-0.2, 0) is 4.79 Å². The lowest BCUT2D eigenvalue weighted by Crippen LogP contribution is -2.24. The molecule has 2 aromatic rings. The fourth-order valence-electron chi connectivity index (χ4n) is 1.95. The van der Waals surface area contributed by atoms with Gasteiger partial charge < -0.3 is 4.74 Å². The first kappa shape index (κ1) is 16.5. The quantitative estimate of drug-likeness (QED) is 0.655. The number of hydrazone groups is 1. The second kappa shape index (κ2) is 8.54. The van der Waals surface area contributed by atoms with E-state index in [4.69, 9.17) is 4.74 Å². The smallest absolute Gasteiger partial charge is 0.277 e. The molecule has 0 bridgehead atoms. The van der Waals surface area contributed by atoms with Gasteiger partial charge in [0.1, 0.15) is 5.75 Å². The molecule has 0 heterocycles. The lowest BCUT2D eigenvalue weighted by atomic mass is 10.1. The number of hydrogen-bond acceptors (Lipinski definition) is 3. The van der Waals surface area contributed by atoms with E-state index in [0.717, 1.165) is 16.7 Å². The van der Waals surface area contributed by atoms with Gasteiger partial charge in [-0.25, -0.2) is 5.43 Å². The highest BCUT2D eigenvalue weighted by Gasteiger charge is 2.02. The molecule has 118 valence electrons. The van der Waals surface area contributed by atoms with Crippen LogP contribution >= 0.6 is 0 Å². The molecule has 1 amide bonds. The third-order valence-corrected chi connectivity index (χ3v) is 3.10. The first-order valence-electron chi connectivity index (χ1n) is 7.39. The Labute approximate surface area is 136 Å². The maximum atomic E-state index is 11.7. The van der Waals surface area contributed by atoms with Crippen LogP contribution in [0.2, 0.25) is 0 Å². The first-order valence-corrected chi connectivity index (χ1v) is 7.39. The maximum absolute atomic E-state index is 11.7. The van der Waals surface area contributed by atoms with Crippen molar-refractivity contribution < 1.29 is 9.53 Å². The Morgan fingerprint density at radius 1 is 1.13 bits per heavy atom. The zero-order valence-electron chi connectivity index (χ0n) is 13.3. The first-order chi connectivity index (χ1) is 11.1. The third kappa shape index (κ3) is 5.79. The second-order valence-corrected chi connectivity index (χ2v) is 5.15. The monoisotopic (exact) mass is 308 g/mol. The molecule has 0 unspecified atom stereocenters. The summed E-state index contributed by atoms with van der Waals surface area (Å²) in [7, 11) is 0. The Kier molecular flexibility index (Phi) is 6.12. The molecule has 0 aliphatic rings. The highest BCUT2D eigenvalue weighted by atomic mass is 16.5. The Hall–Kier alpha value is -2.88. The summed E-state index contributed by atoms with van der Waals surface area (Å²) in [6, 6.07) is 17.5. The molecule has 0 atom stereocenters. The molecular formula is C19H20N2O2. The molecule has 2 aromatic carbocycles. The molecule has 0 aliphatic heterocycles. The molecule has 1 N–H and O–H groups in total. The van der Waals surface area contributed by atoms with Gasteiger partial charge in [0.2, 0.25) is 0 Å². The van der Waals surface area contributed by atoms with Gasteiger partial charge in [0, 0.05) is 0 Å². The number of para-hydroxylation sites is 1. The molecule has 23 heavy (non-hydrogen) atoms. The van der Waals surface area contributed by atoms with Crippen LogP contribution in [0.3, 0.4) is 0 Å². The molecule has 0 saturated carbocycles. The Balaban J connectivity index is 1.80.